The van der Waals surface area contributed by atoms with Gasteiger partial charge in [0.15, 0.2) is 0 Å². The zero-order chi connectivity index (χ0) is 25.3. The summed E-state index contributed by atoms with van der Waals surface area (Å²) in [6.45, 7) is 7.28. The highest BCUT2D eigenvalue weighted by Crippen LogP contribution is 2.26. The van der Waals surface area contributed by atoms with Crippen molar-refractivity contribution in [2.75, 3.05) is 19.0 Å². The molecule has 0 heterocycles. The Hall–Kier alpha value is -0.200. The first kappa shape index (κ1) is 33.8. The number of hydrogen-bond donors (Lipinski definition) is 1. The van der Waals surface area contributed by atoms with E-state index in [4.69, 9.17) is 14.5 Å². The highest BCUT2D eigenvalue weighted by Gasteiger charge is 2.34. The molecule has 0 rings (SSSR count). The van der Waals surface area contributed by atoms with Crippen LogP contribution in [0.5, 0.6) is 0 Å². The minimum absolute atomic E-state index is 0.129. The molecule has 34 heavy (non-hydrogen) atoms. The first-order chi connectivity index (χ1) is 16.6. The fourth-order valence-corrected chi connectivity index (χ4v) is 5.72. The van der Waals surface area contributed by atoms with Gasteiger partial charge in [-0.15, -0.1) is 4.52 Å². The molecule has 0 spiro atoms. The molecule has 0 aliphatic rings. The Bertz CT molecular complexity index is 480. The van der Waals surface area contributed by atoms with E-state index < -0.39 is 13.7 Å². The van der Waals surface area contributed by atoms with Crippen molar-refractivity contribution in [2.24, 2.45) is 0 Å². The van der Waals surface area contributed by atoms with E-state index in [-0.39, 0.29) is 12.7 Å². The fraction of sp³-hybridized carbons (Fsp3) is 0.962. The van der Waals surface area contributed by atoms with Crippen LogP contribution < -0.4 is 0 Å². The summed E-state index contributed by atoms with van der Waals surface area (Å²) in [7, 11) is -2.64. The van der Waals surface area contributed by atoms with Gasteiger partial charge in [0.05, 0.1) is 6.10 Å². The van der Waals surface area contributed by atoms with Crippen LogP contribution in [0.3, 0.4) is 0 Å². The van der Waals surface area contributed by atoms with Crippen LogP contribution in [-0.4, -0.2) is 41.3 Å². The minimum atomic E-state index is -2.64. The predicted molar refractivity (Wildman–Crippen MR) is 144 cm³/mol. The van der Waals surface area contributed by atoms with Gasteiger partial charge in [0, 0.05) is 11.9 Å². The van der Waals surface area contributed by atoms with E-state index in [9.17, 15) is 9.36 Å². The molecule has 0 saturated carbocycles. The lowest BCUT2D eigenvalue weighted by atomic mass is 10.1. The van der Waals surface area contributed by atoms with Gasteiger partial charge in [0.1, 0.15) is 6.61 Å². The second-order valence-corrected chi connectivity index (χ2v) is 11.7. The predicted octanol–water partition coefficient (Wildman–Crippen LogP) is 9.53. The second kappa shape index (κ2) is 25.9. The van der Waals surface area contributed by atoms with Crippen LogP contribution in [0.25, 0.3) is 0 Å². The Balaban J connectivity index is 4.06. The molecule has 1 N–H and O–H groups in total. The van der Waals surface area contributed by atoms with E-state index in [1.165, 1.54) is 108 Å². The number of unbranched alkanes of at least 4 members (excludes halogenated alkanes) is 13. The van der Waals surface area contributed by atoms with Gasteiger partial charge in [-0.05, 0) is 36.5 Å². The van der Waals surface area contributed by atoms with Gasteiger partial charge in [-0.2, -0.15) is 21.8 Å². The summed E-state index contributed by atoms with van der Waals surface area (Å²) < 4.78 is 22.2. The van der Waals surface area contributed by atoms with Crippen LogP contribution >= 0.6 is 19.8 Å². The third kappa shape index (κ3) is 21.1. The zero-order valence-electron chi connectivity index (χ0n) is 22.1. The van der Waals surface area contributed by atoms with Crippen molar-refractivity contribution in [3.63, 3.8) is 0 Å². The van der Waals surface area contributed by atoms with Crippen LogP contribution in [-0.2, 0) is 18.7 Å². The Morgan fingerprint density at radius 3 is 1.88 bits per heavy atom. The van der Waals surface area contributed by atoms with Gasteiger partial charge in [0.25, 0.3) is 0 Å². The lowest BCUT2D eigenvalue weighted by molar-refractivity contribution is -0.168. The van der Waals surface area contributed by atoms with Crippen molar-refractivity contribution in [2.45, 2.75) is 141 Å². The molecule has 0 aliphatic heterocycles. The normalized spacial score (nSPS) is 13.6. The third-order valence-corrected chi connectivity index (χ3v) is 8.42. The molecule has 0 aromatic heterocycles. The van der Waals surface area contributed by atoms with Crippen LogP contribution in [0, 0.1) is 0 Å². The Morgan fingerprint density at radius 2 is 1.32 bits per heavy atom. The maximum atomic E-state index is 11.3. The van der Waals surface area contributed by atoms with E-state index in [0.29, 0.717) is 18.3 Å². The average Bonchev–Trinajstić information content (AvgIpc) is 2.84. The molecule has 0 bridgehead atoms. The molecule has 0 fully saturated rings. The average molecular weight is 524 g/mol. The van der Waals surface area contributed by atoms with Crippen LogP contribution in [0.4, 0.5) is 4.79 Å². The summed E-state index contributed by atoms with van der Waals surface area (Å²) in [6, 6.07) is 0. The quantitative estimate of drug-likeness (QED) is 0.0523. The van der Waals surface area contributed by atoms with E-state index in [2.05, 4.69) is 37.4 Å². The SMILES string of the molecule is CCCCCCCCCCCCSC(CCCCCCC)C(C)OCCCO[P+](=O)C(=O)OO. The molecule has 0 aromatic rings. The molecule has 3 atom stereocenters. The van der Waals surface area contributed by atoms with Gasteiger partial charge in [-0.3, -0.25) is 4.89 Å². The summed E-state index contributed by atoms with van der Waals surface area (Å²) in [5.74, 6) is 1.19. The molecule has 202 valence electrons. The summed E-state index contributed by atoms with van der Waals surface area (Å²) in [6.07, 6.45) is 21.9. The zero-order valence-corrected chi connectivity index (χ0v) is 23.9. The van der Waals surface area contributed by atoms with E-state index >= 15 is 0 Å². The summed E-state index contributed by atoms with van der Waals surface area (Å²) in [5.41, 5.74) is -1.25. The van der Waals surface area contributed by atoms with Gasteiger partial charge in [-0.1, -0.05) is 104 Å². The van der Waals surface area contributed by atoms with E-state index in [1.54, 1.807) is 0 Å². The van der Waals surface area contributed by atoms with Gasteiger partial charge in [-0.25, -0.2) is 0 Å². The van der Waals surface area contributed by atoms with Gasteiger partial charge in [0.2, 0.25) is 0 Å². The van der Waals surface area contributed by atoms with Crippen molar-refractivity contribution < 1.29 is 28.8 Å². The van der Waals surface area contributed by atoms with E-state index in [1.807, 2.05) is 0 Å². The second-order valence-electron chi connectivity index (χ2n) is 9.17. The largest absolute Gasteiger partial charge is 0.639 e. The highest BCUT2D eigenvalue weighted by molar-refractivity contribution is 7.99. The summed E-state index contributed by atoms with van der Waals surface area (Å²) >= 11 is 2.05. The number of rotatable bonds is 26. The topological polar surface area (TPSA) is 82.1 Å². The molecule has 0 aliphatic carbocycles. The number of ether oxygens (including phenoxy) is 1. The molecular weight excluding hydrogens is 471 g/mol. The maximum Gasteiger partial charge on any atom is 0.639 e. The first-order valence-corrected chi connectivity index (χ1v) is 16.0. The third-order valence-electron chi connectivity index (χ3n) is 6.05. The van der Waals surface area contributed by atoms with Crippen LogP contribution in [0.2, 0.25) is 0 Å². The molecule has 0 aromatic carbocycles. The van der Waals surface area contributed by atoms with Crippen molar-refractivity contribution in [3.05, 3.63) is 0 Å². The molecule has 6 nitrogen and oxygen atoms in total. The molecule has 0 saturated heterocycles. The molecule has 0 amide bonds. The van der Waals surface area contributed by atoms with Crippen LogP contribution in [0.1, 0.15) is 130 Å². The lowest BCUT2D eigenvalue weighted by Crippen LogP contribution is -2.24. The van der Waals surface area contributed by atoms with Gasteiger partial charge >= 0.3 is 13.7 Å². The molecular formula is C26H52O6PS+. The maximum absolute atomic E-state index is 11.3. The van der Waals surface area contributed by atoms with Crippen molar-refractivity contribution in [1.82, 2.24) is 0 Å². The van der Waals surface area contributed by atoms with Gasteiger partial charge < -0.3 is 4.74 Å². The number of carbonyl (C=O) groups is 1. The smallest absolute Gasteiger partial charge is 0.377 e. The van der Waals surface area contributed by atoms with Crippen molar-refractivity contribution >= 4 is 25.5 Å². The monoisotopic (exact) mass is 523 g/mol. The number of thioether (sulfide) groups is 1. The summed E-state index contributed by atoms with van der Waals surface area (Å²) in [4.78, 5) is 14.3. The first-order valence-electron chi connectivity index (χ1n) is 13.8. The minimum Gasteiger partial charge on any atom is -0.377 e. The van der Waals surface area contributed by atoms with Crippen molar-refractivity contribution in [1.29, 1.82) is 0 Å². The molecule has 3 unspecified atom stereocenters. The fourth-order valence-electron chi connectivity index (χ4n) is 3.90. The summed E-state index contributed by atoms with van der Waals surface area (Å²) in [5, 5.41) is 8.69. The highest BCUT2D eigenvalue weighted by atomic mass is 32.2. The number of hydrogen-bond acceptors (Lipinski definition) is 7. The Labute approximate surface area is 214 Å². The lowest BCUT2D eigenvalue weighted by Gasteiger charge is -2.24. The van der Waals surface area contributed by atoms with Crippen LogP contribution in [0.15, 0.2) is 0 Å². The Morgan fingerprint density at radius 1 is 0.794 bits per heavy atom. The standard InChI is InChI=1S/C26H51O6PS/c1-4-6-8-10-11-12-13-14-16-18-23-34-25(20-17-15-9-7-5-2)24(3)30-21-19-22-31-33(29)26(27)32-28/h24-25H,4-23H2,1-3H3/p+1. The van der Waals surface area contributed by atoms with Crippen molar-refractivity contribution in [3.8, 4) is 0 Å². The van der Waals surface area contributed by atoms with E-state index in [0.717, 1.165) is 0 Å². The Kier molecular flexibility index (Phi) is 25.7. The molecule has 8 heteroatoms. The number of carbonyl (C=O) groups excluding carboxylic acids is 1. The molecule has 0 radical (unpaired) electrons.